The van der Waals surface area contributed by atoms with E-state index in [1.807, 2.05) is 65.5 Å². The van der Waals surface area contributed by atoms with Crippen LogP contribution in [0.1, 0.15) is 32.6 Å². The summed E-state index contributed by atoms with van der Waals surface area (Å²) in [5.41, 5.74) is 4.93. The van der Waals surface area contributed by atoms with Gasteiger partial charge < -0.3 is 4.57 Å². The minimum Gasteiger partial charge on any atom is -0.323 e. The Morgan fingerprint density at radius 3 is 2.06 bits per heavy atom. The second-order valence-corrected chi connectivity index (χ2v) is 8.94. The Morgan fingerprint density at radius 1 is 0.829 bits per heavy atom. The fraction of sp³-hybridized carbons (Fsp3) is 0.167. The minimum atomic E-state index is -4.37. The Kier molecular flexibility index (Phi) is 6.16. The number of carbonyl (C=O) groups excluding carboxylic acids is 1. The van der Waals surface area contributed by atoms with Gasteiger partial charge in [-0.25, -0.2) is 0 Å². The van der Waals surface area contributed by atoms with Crippen LogP contribution in [-0.2, 0) is 25.4 Å². The van der Waals surface area contributed by atoms with E-state index < -0.39 is 11.7 Å². The number of hydrogen-bond acceptors (Lipinski definition) is 1. The molecule has 35 heavy (non-hydrogen) atoms. The van der Waals surface area contributed by atoms with E-state index in [-0.39, 0.29) is 11.7 Å². The lowest BCUT2D eigenvalue weighted by Gasteiger charge is -2.17. The van der Waals surface area contributed by atoms with Gasteiger partial charge in [-0.3, -0.25) is 4.79 Å². The molecule has 0 atom stereocenters. The lowest BCUT2D eigenvalue weighted by molar-refractivity contribution is -0.137. The molecule has 1 heterocycles. The van der Waals surface area contributed by atoms with Crippen LogP contribution in [0.15, 0.2) is 109 Å². The van der Waals surface area contributed by atoms with Gasteiger partial charge in [0.1, 0.15) is 0 Å². The molecule has 5 rings (SSSR count). The molecule has 0 radical (unpaired) electrons. The molecule has 1 aliphatic carbocycles. The molecular formula is C30H24F3NO. The highest BCUT2D eigenvalue weighted by Crippen LogP contribution is 2.34. The normalized spacial score (nSPS) is 14.2. The monoisotopic (exact) mass is 471 g/mol. The Bertz CT molecular complexity index is 1340. The van der Waals surface area contributed by atoms with Crippen LogP contribution in [0.2, 0.25) is 0 Å². The van der Waals surface area contributed by atoms with Gasteiger partial charge in [-0.05, 0) is 84.3 Å². The van der Waals surface area contributed by atoms with Crippen LogP contribution in [0.25, 0.3) is 5.69 Å². The van der Waals surface area contributed by atoms with Gasteiger partial charge in [0.2, 0.25) is 0 Å². The molecule has 176 valence electrons. The van der Waals surface area contributed by atoms with Gasteiger partial charge in [0, 0.05) is 18.0 Å². The van der Waals surface area contributed by atoms with Crippen molar-refractivity contribution in [1.29, 1.82) is 0 Å². The van der Waals surface area contributed by atoms with E-state index in [9.17, 15) is 18.0 Å². The van der Waals surface area contributed by atoms with Crippen LogP contribution in [0.5, 0.6) is 0 Å². The molecule has 5 heteroatoms. The SMILES string of the molecule is O=C(/C=C(\Cc1ccc(C(F)(F)F)cc1)C1Cc2ccccc2C1)c1ccccc1-n1cccc1. The molecule has 0 unspecified atom stereocenters. The molecule has 0 bridgehead atoms. The molecule has 0 N–H and O–H groups in total. The summed E-state index contributed by atoms with van der Waals surface area (Å²) in [5.74, 6) is 0.0181. The molecule has 0 spiro atoms. The highest BCUT2D eigenvalue weighted by molar-refractivity contribution is 6.07. The fourth-order valence-corrected chi connectivity index (χ4v) is 4.83. The minimum absolute atomic E-state index is 0.104. The lowest BCUT2D eigenvalue weighted by atomic mass is 9.88. The number of ketones is 1. The van der Waals surface area contributed by atoms with Crippen molar-refractivity contribution in [3.8, 4) is 5.69 Å². The standard InChI is InChI=1S/C30H24F3NO/c31-30(32,33)26-13-11-21(12-14-26)17-24(25-18-22-7-1-2-8-23(22)19-25)20-29(35)27-9-3-4-10-28(27)34-15-5-6-16-34/h1-16,20,25H,17-19H2/b24-20+. The van der Waals surface area contributed by atoms with Gasteiger partial charge in [-0.1, -0.05) is 54.1 Å². The molecule has 4 aromatic rings. The maximum atomic E-state index is 13.5. The summed E-state index contributed by atoms with van der Waals surface area (Å²) in [5, 5.41) is 0. The summed E-state index contributed by atoms with van der Waals surface area (Å²) in [6.45, 7) is 0. The Balaban J connectivity index is 1.49. The van der Waals surface area contributed by atoms with Crippen molar-refractivity contribution < 1.29 is 18.0 Å². The molecule has 1 aliphatic rings. The molecule has 0 saturated carbocycles. The van der Waals surface area contributed by atoms with Gasteiger partial charge >= 0.3 is 6.18 Å². The first-order valence-corrected chi connectivity index (χ1v) is 11.6. The molecule has 3 aromatic carbocycles. The third-order valence-corrected chi connectivity index (χ3v) is 6.63. The number of allylic oxidation sites excluding steroid dienone is 2. The topological polar surface area (TPSA) is 22.0 Å². The Labute approximate surface area is 202 Å². The van der Waals surface area contributed by atoms with Gasteiger partial charge in [0.05, 0.1) is 11.3 Å². The molecular weight excluding hydrogens is 447 g/mol. The predicted octanol–water partition coefficient (Wildman–Crippen LogP) is 7.26. The van der Waals surface area contributed by atoms with Crippen molar-refractivity contribution in [2.45, 2.75) is 25.4 Å². The number of hydrogen-bond donors (Lipinski definition) is 0. The third-order valence-electron chi connectivity index (χ3n) is 6.63. The largest absolute Gasteiger partial charge is 0.416 e. The third kappa shape index (κ3) is 4.99. The molecule has 0 amide bonds. The van der Waals surface area contributed by atoms with Crippen LogP contribution in [0, 0.1) is 5.92 Å². The van der Waals surface area contributed by atoms with E-state index in [0.717, 1.165) is 41.8 Å². The fourth-order valence-electron chi connectivity index (χ4n) is 4.83. The number of aromatic nitrogens is 1. The number of nitrogens with zero attached hydrogens (tertiary/aromatic N) is 1. The van der Waals surface area contributed by atoms with Crippen LogP contribution in [0.4, 0.5) is 13.2 Å². The van der Waals surface area contributed by atoms with E-state index in [0.29, 0.717) is 12.0 Å². The predicted molar refractivity (Wildman–Crippen MR) is 131 cm³/mol. The lowest BCUT2D eigenvalue weighted by Crippen LogP contribution is -2.11. The van der Waals surface area contributed by atoms with E-state index in [1.54, 1.807) is 6.08 Å². The van der Waals surface area contributed by atoms with E-state index in [4.69, 9.17) is 0 Å². The summed E-state index contributed by atoms with van der Waals surface area (Å²) < 4.78 is 41.0. The summed E-state index contributed by atoms with van der Waals surface area (Å²) in [7, 11) is 0. The van der Waals surface area contributed by atoms with Gasteiger partial charge in [0.25, 0.3) is 0 Å². The van der Waals surface area contributed by atoms with E-state index >= 15 is 0 Å². The zero-order valence-corrected chi connectivity index (χ0v) is 19.0. The first-order chi connectivity index (χ1) is 16.9. The number of benzene rings is 3. The summed E-state index contributed by atoms with van der Waals surface area (Å²) in [4.78, 5) is 13.5. The van der Waals surface area contributed by atoms with Crippen LogP contribution >= 0.6 is 0 Å². The van der Waals surface area contributed by atoms with Crippen molar-refractivity contribution >= 4 is 5.78 Å². The van der Waals surface area contributed by atoms with Gasteiger partial charge in [-0.15, -0.1) is 0 Å². The maximum Gasteiger partial charge on any atom is 0.416 e. The quantitative estimate of drug-likeness (QED) is 0.214. The first kappa shape index (κ1) is 22.9. The van der Waals surface area contributed by atoms with Crippen molar-refractivity contribution in [3.63, 3.8) is 0 Å². The smallest absolute Gasteiger partial charge is 0.323 e. The number of carbonyl (C=O) groups is 1. The summed E-state index contributed by atoms with van der Waals surface area (Å²) in [6, 6.07) is 24.7. The number of rotatable bonds is 6. The second-order valence-electron chi connectivity index (χ2n) is 8.94. The maximum absolute atomic E-state index is 13.5. The number of fused-ring (bicyclic) bond motifs is 1. The second kappa shape index (κ2) is 9.41. The van der Waals surface area contributed by atoms with Crippen molar-refractivity contribution in [2.24, 2.45) is 5.92 Å². The number of para-hydroxylation sites is 1. The van der Waals surface area contributed by atoms with Crippen LogP contribution in [0.3, 0.4) is 0 Å². The van der Waals surface area contributed by atoms with Crippen LogP contribution < -0.4 is 0 Å². The zero-order valence-electron chi connectivity index (χ0n) is 19.0. The molecule has 0 fully saturated rings. The summed E-state index contributed by atoms with van der Waals surface area (Å²) in [6.07, 6.45) is 3.18. The highest BCUT2D eigenvalue weighted by Gasteiger charge is 2.30. The Hall–Kier alpha value is -3.86. The molecule has 0 aliphatic heterocycles. The highest BCUT2D eigenvalue weighted by atomic mass is 19.4. The van der Waals surface area contributed by atoms with Crippen molar-refractivity contribution in [1.82, 2.24) is 4.57 Å². The van der Waals surface area contributed by atoms with Crippen molar-refractivity contribution in [2.75, 3.05) is 0 Å². The molecule has 2 nitrogen and oxygen atoms in total. The average Bonchev–Trinajstić information content (AvgIpc) is 3.53. The Morgan fingerprint density at radius 2 is 1.43 bits per heavy atom. The summed E-state index contributed by atoms with van der Waals surface area (Å²) >= 11 is 0. The molecule has 1 aromatic heterocycles. The van der Waals surface area contributed by atoms with Crippen molar-refractivity contribution in [3.05, 3.63) is 137 Å². The molecule has 0 saturated heterocycles. The van der Waals surface area contributed by atoms with Gasteiger partial charge in [-0.2, -0.15) is 13.2 Å². The van der Waals surface area contributed by atoms with Crippen LogP contribution in [-0.4, -0.2) is 10.4 Å². The number of halogens is 3. The zero-order chi connectivity index (χ0) is 24.4. The average molecular weight is 472 g/mol. The van der Waals surface area contributed by atoms with E-state index in [1.165, 1.54) is 23.3 Å². The van der Waals surface area contributed by atoms with E-state index in [2.05, 4.69) is 12.1 Å². The van der Waals surface area contributed by atoms with Gasteiger partial charge in [0.15, 0.2) is 5.78 Å². The first-order valence-electron chi connectivity index (χ1n) is 11.6. The number of alkyl halides is 3.